The van der Waals surface area contributed by atoms with Crippen LogP contribution in [-0.2, 0) is 0 Å². The summed E-state index contributed by atoms with van der Waals surface area (Å²) in [5.74, 6) is 1.27. The molecule has 0 saturated carbocycles. The van der Waals surface area contributed by atoms with Gasteiger partial charge < -0.3 is 9.15 Å². The van der Waals surface area contributed by atoms with E-state index >= 15 is 0 Å². The molecule has 1 heterocycles. The Labute approximate surface area is 126 Å². The van der Waals surface area contributed by atoms with Crippen LogP contribution in [0.25, 0.3) is 11.0 Å². The zero-order valence-corrected chi connectivity index (χ0v) is 12.4. The van der Waals surface area contributed by atoms with Crippen molar-refractivity contribution in [1.82, 2.24) is 0 Å². The highest BCUT2D eigenvalue weighted by Crippen LogP contribution is 2.25. The highest BCUT2D eigenvalue weighted by atomic mass is 32.2. The molecule has 0 aliphatic carbocycles. The summed E-state index contributed by atoms with van der Waals surface area (Å²) >= 11 is 1.51. The number of hydrogen-bond acceptors (Lipinski definition) is 4. The molecule has 1 aromatic heterocycles. The molecule has 106 valence electrons. The average Bonchev–Trinajstić information content (AvgIpc) is 2.97. The van der Waals surface area contributed by atoms with Crippen molar-refractivity contribution in [3.05, 3.63) is 60.4 Å². The Morgan fingerprint density at radius 2 is 1.90 bits per heavy atom. The minimum Gasteiger partial charge on any atom is -0.497 e. The maximum Gasteiger partial charge on any atom is 0.176 e. The molecule has 0 fully saturated rings. The molecule has 0 radical (unpaired) electrons. The summed E-state index contributed by atoms with van der Waals surface area (Å²) in [5, 5.41) is 0.873. The normalized spacial score (nSPS) is 10.7. The van der Waals surface area contributed by atoms with Crippen molar-refractivity contribution < 1.29 is 13.9 Å². The summed E-state index contributed by atoms with van der Waals surface area (Å²) < 4.78 is 10.5. The molecule has 0 N–H and O–H groups in total. The van der Waals surface area contributed by atoms with Crippen molar-refractivity contribution in [2.24, 2.45) is 0 Å². The van der Waals surface area contributed by atoms with E-state index in [-0.39, 0.29) is 5.78 Å². The molecular formula is C17H14O3S. The number of para-hydroxylation sites is 1. The van der Waals surface area contributed by atoms with Gasteiger partial charge in [-0.3, -0.25) is 4.79 Å². The van der Waals surface area contributed by atoms with Crippen molar-refractivity contribution in [3.63, 3.8) is 0 Å². The summed E-state index contributed by atoms with van der Waals surface area (Å²) in [7, 11) is 1.63. The maximum atomic E-state index is 12.3. The Hall–Kier alpha value is -2.20. The minimum atomic E-state index is 0.0702. The van der Waals surface area contributed by atoms with E-state index in [2.05, 4.69) is 0 Å². The Kier molecular flexibility index (Phi) is 3.97. The lowest BCUT2D eigenvalue weighted by Crippen LogP contribution is -2.01. The summed E-state index contributed by atoms with van der Waals surface area (Å²) in [6.07, 6.45) is 1.54. The molecule has 3 nitrogen and oxygen atoms in total. The molecule has 0 atom stereocenters. The predicted octanol–water partition coefficient (Wildman–Crippen LogP) is 4.42. The minimum absolute atomic E-state index is 0.0702. The summed E-state index contributed by atoms with van der Waals surface area (Å²) in [6, 6.07) is 15.2. The quantitative estimate of drug-likeness (QED) is 0.516. The molecule has 4 heteroatoms. The fraction of sp³-hybridized carbons (Fsp3) is 0.118. The number of rotatable bonds is 5. The number of methoxy groups -OCH3 is 1. The smallest absolute Gasteiger partial charge is 0.176 e. The van der Waals surface area contributed by atoms with E-state index in [0.29, 0.717) is 11.3 Å². The molecular weight excluding hydrogens is 284 g/mol. The van der Waals surface area contributed by atoms with E-state index in [9.17, 15) is 4.79 Å². The van der Waals surface area contributed by atoms with E-state index < -0.39 is 0 Å². The SMILES string of the molecule is COc1ccc(SCC(=O)c2coc3ccccc23)cc1. The van der Waals surface area contributed by atoms with Gasteiger partial charge in [0, 0.05) is 10.3 Å². The Morgan fingerprint density at radius 1 is 1.14 bits per heavy atom. The van der Waals surface area contributed by atoms with Crippen LogP contribution in [0.15, 0.2) is 64.1 Å². The largest absolute Gasteiger partial charge is 0.497 e. The van der Waals surface area contributed by atoms with E-state index in [1.807, 2.05) is 48.5 Å². The first-order chi connectivity index (χ1) is 10.3. The zero-order valence-electron chi connectivity index (χ0n) is 11.5. The molecule has 0 aliphatic heterocycles. The van der Waals surface area contributed by atoms with E-state index in [1.165, 1.54) is 11.8 Å². The summed E-state index contributed by atoms with van der Waals surface area (Å²) in [5.41, 5.74) is 1.39. The number of fused-ring (bicyclic) bond motifs is 1. The van der Waals surface area contributed by atoms with Crippen molar-refractivity contribution in [3.8, 4) is 5.75 Å². The van der Waals surface area contributed by atoms with Crippen LogP contribution >= 0.6 is 11.8 Å². The van der Waals surface area contributed by atoms with Crippen LogP contribution in [0, 0.1) is 0 Å². The molecule has 2 aromatic carbocycles. The Balaban J connectivity index is 1.71. The van der Waals surface area contributed by atoms with Gasteiger partial charge in [-0.15, -0.1) is 11.8 Å². The van der Waals surface area contributed by atoms with Gasteiger partial charge in [0.15, 0.2) is 5.78 Å². The van der Waals surface area contributed by atoms with Gasteiger partial charge in [0.25, 0.3) is 0 Å². The van der Waals surface area contributed by atoms with Crippen LogP contribution in [0.3, 0.4) is 0 Å². The first-order valence-corrected chi connectivity index (χ1v) is 7.53. The van der Waals surface area contributed by atoms with Gasteiger partial charge in [-0.2, -0.15) is 0 Å². The van der Waals surface area contributed by atoms with Crippen LogP contribution in [0.4, 0.5) is 0 Å². The van der Waals surface area contributed by atoms with Crippen LogP contribution in [0.5, 0.6) is 5.75 Å². The zero-order chi connectivity index (χ0) is 14.7. The van der Waals surface area contributed by atoms with E-state index in [4.69, 9.17) is 9.15 Å². The lowest BCUT2D eigenvalue weighted by atomic mass is 10.1. The number of furan rings is 1. The number of thioether (sulfide) groups is 1. The second kappa shape index (κ2) is 6.06. The third-order valence-electron chi connectivity index (χ3n) is 3.21. The molecule has 21 heavy (non-hydrogen) atoms. The average molecular weight is 298 g/mol. The lowest BCUT2D eigenvalue weighted by molar-refractivity contribution is 0.102. The summed E-state index contributed by atoms with van der Waals surface area (Å²) in [6.45, 7) is 0. The van der Waals surface area contributed by atoms with Gasteiger partial charge >= 0.3 is 0 Å². The number of ketones is 1. The third-order valence-corrected chi connectivity index (χ3v) is 4.22. The predicted molar refractivity (Wildman–Crippen MR) is 84.3 cm³/mol. The van der Waals surface area contributed by atoms with Gasteiger partial charge in [0.05, 0.1) is 18.4 Å². The molecule has 0 amide bonds. The highest BCUT2D eigenvalue weighted by molar-refractivity contribution is 8.00. The van der Waals surface area contributed by atoms with E-state index in [0.717, 1.165) is 21.6 Å². The number of carbonyl (C=O) groups is 1. The van der Waals surface area contributed by atoms with Crippen molar-refractivity contribution in [1.29, 1.82) is 0 Å². The van der Waals surface area contributed by atoms with Crippen LogP contribution in [0.1, 0.15) is 10.4 Å². The topological polar surface area (TPSA) is 39.4 Å². The van der Waals surface area contributed by atoms with Crippen LogP contribution in [-0.4, -0.2) is 18.6 Å². The van der Waals surface area contributed by atoms with Gasteiger partial charge in [0.1, 0.15) is 17.6 Å². The van der Waals surface area contributed by atoms with Crippen LogP contribution < -0.4 is 4.74 Å². The maximum absolute atomic E-state index is 12.3. The fourth-order valence-corrected chi connectivity index (χ4v) is 2.87. The lowest BCUT2D eigenvalue weighted by Gasteiger charge is -2.02. The second-order valence-corrected chi connectivity index (χ2v) is 5.58. The molecule has 0 unspecified atom stereocenters. The van der Waals surface area contributed by atoms with Crippen molar-refractivity contribution in [2.75, 3.05) is 12.9 Å². The molecule has 0 saturated heterocycles. The number of carbonyl (C=O) groups excluding carboxylic acids is 1. The van der Waals surface area contributed by atoms with Gasteiger partial charge in [-0.25, -0.2) is 0 Å². The third kappa shape index (κ3) is 2.95. The monoisotopic (exact) mass is 298 g/mol. The fourth-order valence-electron chi connectivity index (χ4n) is 2.09. The summed E-state index contributed by atoms with van der Waals surface area (Å²) in [4.78, 5) is 13.3. The number of hydrogen-bond donors (Lipinski definition) is 0. The number of ether oxygens (including phenoxy) is 1. The van der Waals surface area contributed by atoms with Crippen molar-refractivity contribution in [2.45, 2.75) is 4.90 Å². The Morgan fingerprint density at radius 3 is 2.67 bits per heavy atom. The number of Topliss-reactive ketones (excluding diaryl/α,β-unsaturated/α-hetero) is 1. The van der Waals surface area contributed by atoms with Gasteiger partial charge in [-0.05, 0) is 30.3 Å². The van der Waals surface area contributed by atoms with Gasteiger partial charge in [0.2, 0.25) is 0 Å². The molecule has 0 aliphatic rings. The number of benzene rings is 2. The molecule has 3 aromatic rings. The first kappa shape index (κ1) is 13.8. The van der Waals surface area contributed by atoms with Gasteiger partial charge in [-0.1, -0.05) is 18.2 Å². The molecule has 0 spiro atoms. The second-order valence-electron chi connectivity index (χ2n) is 4.53. The standard InChI is InChI=1S/C17H14O3S/c1-19-12-6-8-13(9-7-12)21-11-16(18)15-10-20-17-5-3-2-4-14(15)17/h2-10H,11H2,1H3. The molecule has 3 rings (SSSR count). The van der Waals surface area contributed by atoms with Crippen LogP contribution in [0.2, 0.25) is 0 Å². The highest BCUT2D eigenvalue weighted by Gasteiger charge is 2.13. The first-order valence-electron chi connectivity index (χ1n) is 6.54. The van der Waals surface area contributed by atoms with Crippen molar-refractivity contribution >= 4 is 28.5 Å². The molecule has 0 bridgehead atoms. The van der Waals surface area contributed by atoms with E-state index in [1.54, 1.807) is 13.4 Å². The Bertz CT molecular complexity index is 759.